The number of anilines is 1. The SMILES string of the molecule is Nc1ccc(C2CC2C(=O)NCc2nc3cc(-c4ccc(C(=O)N5CCC(F)(F)CC5)cc4)cc(-c4ccc(F)cc4)c3o2)cn1. The minimum Gasteiger partial charge on any atom is -0.438 e. The minimum atomic E-state index is -2.73. The summed E-state index contributed by atoms with van der Waals surface area (Å²) in [5.41, 5.74) is 11.1. The standard InChI is InChI=1S/C35H30F3N5O3/c36-25-8-5-21(6-9-25)27-15-24(20-1-3-22(4-2-20)34(45)43-13-11-35(37,38)12-14-43)16-29-32(27)46-31(42-29)19-41-33(44)28-17-26(28)23-7-10-30(39)40-18-23/h1-10,15-16,18,26,28H,11-14,17,19H2,(H2,39,40)(H,41,44). The average molecular weight is 626 g/mol. The van der Waals surface area contributed by atoms with E-state index in [1.807, 2.05) is 18.2 Å². The van der Waals surface area contributed by atoms with Crippen LogP contribution in [0, 0.1) is 11.7 Å². The van der Waals surface area contributed by atoms with Gasteiger partial charge in [-0.05, 0) is 77.1 Å². The quantitative estimate of drug-likeness (QED) is 0.212. The van der Waals surface area contributed by atoms with Gasteiger partial charge in [-0.1, -0.05) is 30.3 Å². The largest absolute Gasteiger partial charge is 0.438 e. The fourth-order valence-corrected chi connectivity index (χ4v) is 5.97. The number of amides is 2. The first-order valence-corrected chi connectivity index (χ1v) is 15.1. The first-order chi connectivity index (χ1) is 22.1. The number of hydrogen-bond donors (Lipinski definition) is 2. The molecule has 8 nitrogen and oxygen atoms in total. The number of rotatable bonds is 7. The Morgan fingerprint density at radius 2 is 1.67 bits per heavy atom. The van der Waals surface area contributed by atoms with E-state index in [2.05, 4.69) is 15.3 Å². The lowest BCUT2D eigenvalue weighted by molar-refractivity contribution is -0.122. The molecule has 2 atom stereocenters. The molecular formula is C35H30F3N5O3. The Bertz CT molecular complexity index is 1910. The molecule has 1 saturated heterocycles. The first-order valence-electron chi connectivity index (χ1n) is 15.1. The summed E-state index contributed by atoms with van der Waals surface area (Å²) in [5, 5.41) is 2.93. The summed E-state index contributed by atoms with van der Waals surface area (Å²) in [7, 11) is 0. The summed E-state index contributed by atoms with van der Waals surface area (Å²) < 4.78 is 47.1. The van der Waals surface area contributed by atoms with Gasteiger partial charge in [-0.2, -0.15) is 0 Å². The lowest BCUT2D eigenvalue weighted by Gasteiger charge is -2.31. The molecule has 2 amide bonds. The van der Waals surface area contributed by atoms with Gasteiger partial charge >= 0.3 is 0 Å². The first kappa shape index (κ1) is 29.5. The molecule has 2 aliphatic rings. The predicted molar refractivity (Wildman–Crippen MR) is 166 cm³/mol. The lowest BCUT2D eigenvalue weighted by atomic mass is 9.97. The van der Waals surface area contributed by atoms with Gasteiger partial charge in [0.25, 0.3) is 11.8 Å². The molecule has 1 saturated carbocycles. The highest BCUT2D eigenvalue weighted by Crippen LogP contribution is 2.47. The number of hydrogen-bond acceptors (Lipinski definition) is 6. The van der Waals surface area contributed by atoms with E-state index in [0.29, 0.717) is 39.5 Å². The third-order valence-corrected chi connectivity index (χ3v) is 8.72. The van der Waals surface area contributed by atoms with Crippen LogP contribution >= 0.6 is 0 Å². The third-order valence-electron chi connectivity index (χ3n) is 8.72. The molecule has 7 rings (SSSR count). The van der Waals surface area contributed by atoms with Crippen molar-refractivity contribution in [1.29, 1.82) is 0 Å². The Morgan fingerprint density at radius 1 is 0.957 bits per heavy atom. The molecule has 1 aliphatic carbocycles. The molecule has 3 heterocycles. The number of benzene rings is 3. The van der Waals surface area contributed by atoms with Crippen LogP contribution in [-0.2, 0) is 11.3 Å². The molecule has 11 heteroatoms. The number of halogens is 3. The van der Waals surface area contributed by atoms with E-state index < -0.39 is 5.92 Å². The highest BCUT2D eigenvalue weighted by molar-refractivity contribution is 5.97. The van der Waals surface area contributed by atoms with Gasteiger partial charge in [-0.25, -0.2) is 23.1 Å². The van der Waals surface area contributed by atoms with Crippen molar-refractivity contribution in [2.75, 3.05) is 18.8 Å². The summed E-state index contributed by atoms with van der Waals surface area (Å²) >= 11 is 0. The van der Waals surface area contributed by atoms with Gasteiger partial charge in [0.15, 0.2) is 5.58 Å². The van der Waals surface area contributed by atoms with Crippen molar-refractivity contribution in [2.45, 2.75) is 37.6 Å². The van der Waals surface area contributed by atoms with Crippen LogP contribution in [0.5, 0.6) is 0 Å². The molecule has 3 aromatic carbocycles. The molecule has 0 bridgehead atoms. The van der Waals surface area contributed by atoms with E-state index in [4.69, 9.17) is 10.2 Å². The van der Waals surface area contributed by atoms with Crippen molar-refractivity contribution in [3.8, 4) is 22.3 Å². The summed E-state index contributed by atoms with van der Waals surface area (Å²) in [6.45, 7) is 0.122. The smallest absolute Gasteiger partial charge is 0.253 e. The van der Waals surface area contributed by atoms with E-state index in [1.165, 1.54) is 17.0 Å². The van der Waals surface area contributed by atoms with E-state index in [9.17, 15) is 22.8 Å². The fourth-order valence-electron chi connectivity index (χ4n) is 5.97. The topological polar surface area (TPSA) is 114 Å². The maximum atomic E-state index is 13.8. The van der Waals surface area contributed by atoms with Crippen molar-refractivity contribution in [1.82, 2.24) is 20.2 Å². The average Bonchev–Trinajstić information content (AvgIpc) is 3.75. The normalized spacial score (nSPS) is 18.8. The molecule has 5 aromatic rings. The molecule has 2 unspecified atom stereocenters. The molecule has 0 radical (unpaired) electrons. The van der Waals surface area contributed by atoms with Crippen LogP contribution in [0.15, 0.2) is 83.4 Å². The van der Waals surface area contributed by atoms with E-state index in [0.717, 1.165) is 23.1 Å². The van der Waals surface area contributed by atoms with Crippen LogP contribution in [0.4, 0.5) is 19.0 Å². The summed E-state index contributed by atoms with van der Waals surface area (Å²) in [5.74, 6) is -2.80. The van der Waals surface area contributed by atoms with Gasteiger partial charge in [0.2, 0.25) is 11.8 Å². The molecule has 2 aromatic heterocycles. The Balaban J connectivity index is 1.12. The number of likely N-dealkylation sites (tertiary alicyclic amines) is 1. The van der Waals surface area contributed by atoms with Crippen LogP contribution in [0.25, 0.3) is 33.4 Å². The molecule has 234 valence electrons. The number of alkyl halides is 2. The summed E-state index contributed by atoms with van der Waals surface area (Å²) in [6, 6.07) is 20.4. The zero-order valence-electron chi connectivity index (χ0n) is 24.7. The fraction of sp³-hybridized carbons (Fsp3) is 0.257. The molecule has 2 fully saturated rings. The Kier molecular flexibility index (Phi) is 7.46. The van der Waals surface area contributed by atoms with Crippen LogP contribution in [0.2, 0.25) is 0 Å². The van der Waals surface area contributed by atoms with Crippen molar-refractivity contribution < 1.29 is 27.2 Å². The van der Waals surface area contributed by atoms with Crippen molar-refractivity contribution in [3.05, 3.63) is 102 Å². The van der Waals surface area contributed by atoms with E-state index in [-0.39, 0.29) is 61.9 Å². The number of oxazole rings is 1. The van der Waals surface area contributed by atoms with Crippen molar-refractivity contribution in [2.24, 2.45) is 5.92 Å². The molecule has 1 aliphatic heterocycles. The third kappa shape index (κ3) is 6.04. The van der Waals surface area contributed by atoms with Crippen molar-refractivity contribution >= 4 is 28.7 Å². The van der Waals surface area contributed by atoms with Crippen LogP contribution in [0.3, 0.4) is 0 Å². The number of piperidine rings is 1. The zero-order chi connectivity index (χ0) is 32.0. The number of aromatic nitrogens is 2. The summed E-state index contributed by atoms with van der Waals surface area (Å²) in [4.78, 5) is 36.1. The van der Waals surface area contributed by atoms with Crippen LogP contribution in [0.1, 0.15) is 47.0 Å². The maximum Gasteiger partial charge on any atom is 0.253 e. The van der Waals surface area contributed by atoms with Gasteiger partial charge < -0.3 is 20.4 Å². The Labute approximate surface area is 262 Å². The summed E-state index contributed by atoms with van der Waals surface area (Å²) in [6.07, 6.45) is 1.75. The van der Waals surface area contributed by atoms with Gasteiger partial charge in [0, 0.05) is 49.2 Å². The van der Waals surface area contributed by atoms with Gasteiger partial charge in [-0.3, -0.25) is 9.59 Å². The number of nitrogens with zero attached hydrogens (tertiary/aromatic N) is 3. The number of nitrogens with one attached hydrogen (secondary N) is 1. The van der Waals surface area contributed by atoms with E-state index >= 15 is 0 Å². The minimum absolute atomic E-state index is 0.0154. The second-order valence-electron chi connectivity index (χ2n) is 11.9. The van der Waals surface area contributed by atoms with Crippen LogP contribution < -0.4 is 11.1 Å². The number of carbonyl (C=O) groups is 2. The Hall–Kier alpha value is -5.19. The van der Waals surface area contributed by atoms with Crippen LogP contribution in [-0.4, -0.2) is 45.7 Å². The van der Waals surface area contributed by atoms with E-state index in [1.54, 1.807) is 48.7 Å². The number of nitrogens with two attached hydrogens (primary N) is 1. The predicted octanol–water partition coefficient (Wildman–Crippen LogP) is 6.57. The molecule has 0 spiro atoms. The monoisotopic (exact) mass is 625 g/mol. The zero-order valence-corrected chi connectivity index (χ0v) is 24.7. The van der Waals surface area contributed by atoms with Gasteiger partial charge in [-0.15, -0.1) is 0 Å². The number of pyridine rings is 1. The number of fused-ring (bicyclic) bond motifs is 1. The maximum absolute atomic E-state index is 13.8. The van der Waals surface area contributed by atoms with Crippen molar-refractivity contribution in [3.63, 3.8) is 0 Å². The highest BCUT2D eigenvalue weighted by Gasteiger charge is 2.44. The number of carbonyl (C=O) groups excluding carboxylic acids is 2. The second-order valence-corrected chi connectivity index (χ2v) is 11.9. The van der Waals surface area contributed by atoms with Gasteiger partial charge in [0.1, 0.15) is 17.2 Å². The molecular weight excluding hydrogens is 595 g/mol. The second kappa shape index (κ2) is 11.6. The molecule has 46 heavy (non-hydrogen) atoms. The number of nitrogen functional groups attached to an aromatic ring is 1. The highest BCUT2D eigenvalue weighted by atomic mass is 19.3. The Morgan fingerprint density at radius 3 is 2.37 bits per heavy atom. The lowest BCUT2D eigenvalue weighted by Crippen LogP contribution is -2.42. The molecule has 3 N–H and O–H groups in total. The van der Waals surface area contributed by atoms with Gasteiger partial charge in [0.05, 0.1) is 6.54 Å².